The van der Waals surface area contributed by atoms with E-state index < -0.39 is 0 Å². The van der Waals surface area contributed by atoms with E-state index in [1.54, 1.807) is 10.7 Å². The van der Waals surface area contributed by atoms with Crippen LogP contribution in [0.15, 0.2) is 42.7 Å². The van der Waals surface area contributed by atoms with Crippen molar-refractivity contribution >= 4 is 28.3 Å². The van der Waals surface area contributed by atoms with Crippen LogP contribution in [-0.2, 0) is 0 Å². The first-order valence-corrected chi connectivity index (χ1v) is 8.98. The zero-order valence-corrected chi connectivity index (χ0v) is 14.9. The first-order valence-electron chi connectivity index (χ1n) is 8.98. The molecular formula is C19H19N7O. The van der Waals surface area contributed by atoms with Crippen LogP contribution in [0.1, 0.15) is 22.5 Å². The van der Waals surface area contributed by atoms with E-state index in [4.69, 9.17) is 0 Å². The number of H-pyrrole nitrogens is 1. The van der Waals surface area contributed by atoms with Crippen LogP contribution >= 0.6 is 0 Å². The first-order chi connectivity index (χ1) is 13.2. The zero-order valence-electron chi connectivity index (χ0n) is 14.9. The summed E-state index contributed by atoms with van der Waals surface area (Å²) in [6.07, 6.45) is 4.49. The van der Waals surface area contributed by atoms with Gasteiger partial charge >= 0.3 is 0 Å². The van der Waals surface area contributed by atoms with Gasteiger partial charge in [0, 0.05) is 24.5 Å². The Kier molecular flexibility index (Phi) is 3.56. The number of aromatic nitrogens is 5. The molecule has 0 radical (unpaired) electrons. The first kappa shape index (κ1) is 15.8. The predicted molar refractivity (Wildman–Crippen MR) is 102 cm³/mol. The van der Waals surface area contributed by atoms with Crippen molar-refractivity contribution in [2.24, 2.45) is 0 Å². The number of nitrogens with zero attached hydrogens (tertiary/aromatic N) is 5. The number of hydrogen-bond donors (Lipinski definition) is 2. The van der Waals surface area contributed by atoms with Gasteiger partial charge in [-0.05, 0) is 37.6 Å². The van der Waals surface area contributed by atoms with Crippen molar-refractivity contribution in [3.63, 3.8) is 0 Å². The fraction of sp³-hybridized carbons (Fsp3) is 0.263. The number of hydrogen-bond acceptors (Lipinski definition) is 5. The molecule has 1 aliphatic heterocycles. The van der Waals surface area contributed by atoms with Gasteiger partial charge in [0.1, 0.15) is 5.82 Å². The largest absolute Gasteiger partial charge is 0.364 e. The third-order valence-electron chi connectivity index (χ3n) is 4.98. The molecule has 0 saturated carbocycles. The summed E-state index contributed by atoms with van der Waals surface area (Å²) in [6.45, 7) is 3.32. The van der Waals surface area contributed by atoms with Gasteiger partial charge in [0.25, 0.3) is 5.91 Å². The number of carbonyl (C=O) groups excluding carboxylic acids is 1. The molecular weight excluding hydrogens is 342 g/mol. The van der Waals surface area contributed by atoms with Gasteiger partial charge in [-0.15, -0.1) is 5.10 Å². The Morgan fingerprint density at radius 1 is 1.30 bits per heavy atom. The second-order valence-corrected chi connectivity index (χ2v) is 6.92. The molecule has 8 heteroatoms. The molecule has 1 unspecified atom stereocenters. The average Bonchev–Trinajstić information content (AvgIpc) is 3.38. The monoisotopic (exact) mass is 361 g/mol. The lowest BCUT2D eigenvalue weighted by Gasteiger charge is -2.18. The second-order valence-electron chi connectivity index (χ2n) is 6.92. The lowest BCUT2D eigenvalue weighted by molar-refractivity contribution is 0.0793. The molecule has 1 saturated heterocycles. The van der Waals surface area contributed by atoms with Crippen LogP contribution in [0.3, 0.4) is 0 Å². The minimum atomic E-state index is 0.0416. The Morgan fingerprint density at radius 2 is 2.22 bits per heavy atom. The summed E-state index contributed by atoms with van der Waals surface area (Å²) in [5.74, 6) is 0.830. The summed E-state index contributed by atoms with van der Waals surface area (Å²) >= 11 is 0. The molecule has 1 aliphatic rings. The molecule has 1 amide bonds. The maximum Gasteiger partial charge on any atom is 0.254 e. The molecule has 2 N–H and O–H groups in total. The van der Waals surface area contributed by atoms with Crippen molar-refractivity contribution in [1.82, 2.24) is 29.7 Å². The Bertz CT molecular complexity index is 1150. The summed E-state index contributed by atoms with van der Waals surface area (Å²) in [7, 11) is 0. The van der Waals surface area contributed by atoms with Crippen molar-refractivity contribution in [2.75, 3.05) is 18.4 Å². The fourth-order valence-electron chi connectivity index (χ4n) is 3.67. The number of aryl methyl sites for hydroxylation is 1. The third kappa shape index (κ3) is 2.79. The van der Waals surface area contributed by atoms with Crippen molar-refractivity contribution < 1.29 is 4.79 Å². The van der Waals surface area contributed by atoms with Gasteiger partial charge in [0.15, 0.2) is 5.65 Å². The smallest absolute Gasteiger partial charge is 0.254 e. The topological polar surface area (TPSA) is 91.2 Å². The number of nitrogens with one attached hydrogen (secondary N) is 2. The van der Waals surface area contributed by atoms with Crippen LogP contribution in [0, 0.1) is 6.92 Å². The second kappa shape index (κ2) is 6.08. The zero-order chi connectivity index (χ0) is 18.4. The number of fused-ring (bicyclic) bond motifs is 2. The number of carbonyl (C=O) groups is 1. The number of benzene rings is 1. The number of rotatable bonds is 3. The van der Waals surface area contributed by atoms with Gasteiger partial charge < -0.3 is 10.2 Å². The molecule has 1 atom stereocenters. The molecule has 27 heavy (non-hydrogen) atoms. The predicted octanol–water partition coefficient (Wildman–Crippen LogP) is 2.24. The standard InChI is InChI=1S/C19H19N7O/c1-12-10-26-18(21-12)6-5-17(24-26)22-13-7-8-25(11-13)19(27)14-3-2-4-16-15(14)9-20-23-16/h2-6,9-10,13H,7-8,11H2,1H3,(H,20,23)(H,22,24). The van der Waals surface area contributed by atoms with Crippen LogP contribution in [-0.4, -0.2) is 54.7 Å². The number of aromatic amines is 1. The van der Waals surface area contributed by atoms with E-state index >= 15 is 0 Å². The summed E-state index contributed by atoms with van der Waals surface area (Å²) in [5, 5.41) is 15.8. The molecule has 4 aromatic rings. The molecule has 5 rings (SSSR count). The molecule has 136 valence electrons. The van der Waals surface area contributed by atoms with Gasteiger partial charge in [-0.2, -0.15) is 5.10 Å². The Hall–Kier alpha value is -3.42. The Labute approximate surface area is 155 Å². The van der Waals surface area contributed by atoms with Gasteiger partial charge in [-0.3, -0.25) is 9.89 Å². The summed E-state index contributed by atoms with van der Waals surface area (Å²) < 4.78 is 1.77. The summed E-state index contributed by atoms with van der Waals surface area (Å²) in [5.41, 5.74) is 3.33. The number of anilines is 1. The van der Waals surface area contributed by atoms with E-state index in [0.29, 0.717) is 12.1 Å². The Balaban J connectivity index is 1.31. The minimum Gasteiger partial charge on any atom is -0.364 e. The van der Waals surface area contributed by atoms with Gasteiger partial charge in [0.2, 0.25) is 0 Å². The average molecular weight is 361 g/mol. The van der Waals surface area contributed by atoms with Crippen LogP contribution in [0.2, 0.25) is 0 Å². The van der Waals surface area contributed by atoms with Crippen molar-refractivity contribution in [3.8, 4) is 0 Å². The quantitative estimate of drug-likeness (QED) is 0.584. The van der Waals surface area contributed by atoms with Gasteiger partial charge in [-0.25, -0.2) is 9.50 Å². The van der Waals surface area contributed by atoms with E-state index in [-0.39, 0.29) is 11.9 Å². The normalized spacial score (nSPS) is 17.1. The highest BCUT2D eigenvalue weighted by atomic mass is 16.2. The SMILES string of the molecule is Cc1cn2nc(NC3CCN(C(=O)c4cccc5[nH]ncc45)C3)ccc2n1. The Morgan fingerprint density at radius 3 is 3.15 bits per heavy atom. The molecule has 3 aromatic heterocycles. The molecule has 1 fully saturated rings. The molecule has 0 bridgehead atoms. The van der Waals surface area contributed by atoms with Crippen LogP contribution < -0.4 is 5.32 Å². The minimum absolute atomic E-state index is 0.0416. The van der Waals surface area contributed by atoms with Gasteiger partial charge in [-0.1, -0.05) is 6.07 Å². The molecule has 0 aliphatic carbocycles. The van der Waals surface area contributed by atoms with E-state index in [1.165, 1.54) is 0 Å². The lowest BCUT2D eigenvalue weighted by Crippen LogP contribution is -2.31. The van der Waals surface area contributed by atoms with Crippen LogP contribution in [0.5, 0.6) is 0 Å². The van der Waals surface area contributed by atoms with Crippen LogP contribution in [0.4, 0.5) is 5.82 Å². The van der Waals surface area contributed by atoms with E-state index in [1.807, 2.05) is 48.4 Å². The molecule has 4 heterocycles. The van der Waals surface area contributed by atoms with E-state index in [0.717, 1.165) is 41.0 Å². The summed E-state index contributed by atoms with van der Waals surface area (Å²) in [4.78, 5) is 19.2. The van der Waals surface area contributed by atoms with E-state index in [2.05, 4.69) is 25.6 Å². The van der Waals surface area contributed by atoms with Crippen molar-refractivity contribution in [1.29, 1.82) is 0 Å². The summed E-state index contributed by atoms with van der Waals surface area (Å²) in [6, 6.07) is 9.71. The van der Waals surface area contributed by atoms with Gasteiger partial charge in [0.05, 0.1) is 29.2 Å². The van der Waals surface area contributed by atoms with Crippen molar-refractivity contribution in [3.05, 3.63) is 54.0 Å². The maximum atomic E-state index is 13.0. The molecule has 1 aromatic carbocycles. The van der Waals surface area contributed by atoms with Crippen molar-refractivity contribution in [2.45, 2.75) is 19.4 Å². The number of amides is 1. The molecule has 8 nitrogen and oxygen atoms in total. The highest BCUT2D eigenvalue weighted by Crippen LogP contribution is 2.22. The maximum absolute atomic E-state index is 13.0. The van der Waals surface area contributed by atoms with Crippen LogP contribution in [0.25, 0.3) is 16.6 Å². The molecule has 0 spiro atoms. The van der Waals surface area contributed by atoms with E-state index in [9.17, 15) is 4.79 Å². The highest BCUT2D eigenvalue weighted by Gasteiger charge is 2.28. The number of imidazole rings is 1. The highest BCUT2D eigenvalue weighted by molar-refractivity contribution is 6.06. The fourth-order valence-corrected chi connectivity index (χ4v) is 3.67. The lowest BCUT2D eigenvalue weighted by atomic mass is 10.1. The third-order valence-corrected chi connectivity index (χ3v) is 4.98. The number of likely N-dealkylation sites (tertiary alicyclic amines) is 1.